The van der Waals surface area contributed by atoms with Crippen molar-refractivity contribution in [1.29, 1.82) is 0 Å². The fourth-order valence-electron chi connectivity index (χ4n) is 4.87. The molecule has 0 fully saturated rings. The average molecular weight is 624 g/mol. The van der Waals surface area contributed by atoms with Crippen LogP contribution in [-0.2, 0) is 4.79 Å². The van der Waals surface area contributed by atoms with Crippen LogP contribution in [0.15, 0.2) is 88.8 Å². The van der Waals surface area contributed by atoms with Crippen LogP contribution in [0.3, 0.4) is 0 Å². The van der Waals surface area contributed by atoms with Crippen LogP contribution in [-0.4, -0.2) is 40.4 Å². The van der Waals surface area contributed by atoms with Gasteiger partial charge in [-0.1, -0.05) is 38.1 Å². The largest absolute Gasteiger partial charge is 0.496 e. The number of nitro benzene ring substituents is 1. The molecule has 1 N–H and O–H groups in total. The third-order valence-electron chi connectivity index (χ3n) is 7.22. The van der Waals surface area contributed by atoms with Crippen LogP contribution in [0.5, 0.6) is 11.5 Å². The van der Waals surface area contributed by atoms with Crippen LogP contribution in [0.1, 0.15) is 36.5 Å². The van der Waals surface area contributed by atoms with Crippen LogP contribution < -0.4 is 20.3 Å². The molecule has 0 unspecified atom stereocenters. The molecule has 12 heteroatoms. The number of ether oxygens (including phenoxy) is 2. The smallest absolute Gasteiger partial charge is 0.282 e. The van der Waals surface area contributed by atoms with Gasteiger partial charge in [0.25, 0.3) is 17.2 Å². The molecule has 1 heterocycles. The van der Waals surface area contributed by atoms with E-state index in [1.165, 1.54) is 42.6 Å². The maximum atomic E-state index is 14.0. The molecule has 5 rings (SSSR count). The summed E-state index contributed by atoms with van der Waals surface area (Å²) in [6.45, 7) is 5.39. The SMILES string of the molecule is COc1cc(C)c(-c2nc3ccccc3c(=O)n2N=Cc2cc([N+](=O)[O-])ccc2OCC(=O)Nc2ccccc2F)cc1C(C)C. The summed E-state index contributed by atoms with van der Waals surface area (Å²) in [6, 6.07) is 20.1. The second-order valence-electron chi connectivity index (χ2n) is 10.7. The lowest BCUT2D eigenvalue weighted by Crippen LogP contribution is -2.21. The van der Waals surface area contributed by atoms with Gasteiger partial charge in [-0.05, 0) is 66.4 Å². The number of hydrogen-bond acceptors (Lipinski definition) is 8. The number of benzene rings is 4. The zero-order valence-electron chi connectivity index (χ0n) is 25.5. The number of para-hydroxylation sites is 2. The van der Waals surface area contributed by atoms with Crippen LogP contribution in [0.25, 0.3) is 22.3 Å². The zero-order chi connectivity index (χ0) is 33.0. The van der Waals surface area contributed by atoms with Gasteiger partial charge in [0.15, 0.2) is 12.4 Å². The molecular formula is C34H30FN5O6. The van der Waals surface area contributed by atoms with Gasteiger partial charge in [0.05, 0.1) is 34.8 Å². The van der Waals surface area contributed by atoms with Gasteiger partial charge in [-0.2, -0.15) is 9.78 Å². The Morgan fingerprint density at radius 1 is 1.09 bits per heavy atom. The Kier molecular flexibility index (Phi) is 9.17. The second-order valence-corrected chi connectivity index (χ2v) is 10.7. The Balaban J connectivity index is 1.59. The molecule has 0 radical (unpaired) electrons. The second kappa shape index (κ2) is 13.4. The molecular weight excluding hydrogens is 593 g/mol. The Morgan fingerprint density at radius 2 is 1.83 bits per heavy atom. The number of nitrogens with one attached hydrogen (secondary N) is 1. The van der Waals surface area contributed by atoms with Crippen molar-refractivity contribution in [3.63, 3.8) is 0 Å². The molecule has 0 saturated carbocycles. The fourth-order valence-corrected chi connectivity index (χ4v) is 4.87. The summed E-state index contributed by atoms with van der Waals surface area (Å²) in [5.74, 6) is -0.148. The highest BCUT2D eigenvalue weighted by Crippen LogP contribution is 2.34. The number of methoxy groups -OCH3 is 1. The molecule has 5 aromatic rings. The summed E-state index contributed by atoms with van der Waals surface area (Å²) in [7, 11) is 1.59. The lowest BCUT2D eigenvalue weighted by atomic mass is 9.96. The molecule has 1 aromatic heterocycles. The number of nitrogens with zero attached hydrogens (tertiary/aromatic N) is 4. The Morgan fingerprint density at radius 3 is 2.54 bits per heavy atom. The van der Waals surface area contributed by atoms with Crippen molar-refractivity contribution >= 4 is 34.4 Å². The molecule has 0 aliphatic carbocycles. The van der Waals surface area contributed by atoms with E-state index in [4.69, 9.17) is 14.5 Å². The first kappa shape index (κ1) is 31.5. The van der Waals surface area contributed by atoms with Gasteiger partial charge in [0, 0.05) is 23.3 Å². The number of aryl methyl sites for hydroxylation is 1. The van der Waals surface area contributed by atoms with Gasteiger partial charge in [-0.25, -0.2) is 9.37 Å². The zero-order valence-corrected chi connectivity index (χ0v) is 25.5. The quantitative estimate of drug-likeness (QED) is 0.107. The summed E-state index contributed by atoms with van der Waals surface area (Å²) in [5.41, 5.74) is 2.17. The lowest BCUT2D eigenvalue weighted by molar-refractivity contribution is -0.384. The molecule has 0 saturated heterocycles. The lowest BCUT2D eigenvalue weighted by Gasteiger charge is -2.17. The first-order valence-electron chi connectivity index (χ1n) is 14.3. The third-order valence-corrected chi connectivity index (χ3v) is 7.22. The third kappa shape index (κ3) is 6.60. The molecule has 4 aromatic carbocycles. The highest BCUT2D eigenvalue weighted by atomic mass is 19.1. The number of amides is 1. The number of anilines is 1. The summed E-state index contributed by atoms with van der Waals surface area (Å²) in [6.07, 6.45) is 1.24. The van der Waals surface area contributed by atoms with E-state index < -0.39 is 28.8 Å². The van der Waals surface area contributed by atoms with Crippen molar-refractivity contribution in [2.45, 2.75) is 26.7 Å². The van der Waals surface area contributed by atoms with Gasteiger partial charge in [0.1, 0.15) is 17.3 Å². The number of halogens is 1. The molecule has 0 atom stereocenters. The van der Waals surface area contributed by atoms with Gasteiger partial charge >= 0.3 is 0 Å². The van der Waals surface area contributed by atoms with E-state index >= 15 is 0 Å². The van der Waals surface area contributed by atoms with Gasteiger partial charge in [-0.3, -0.25) is 19.7 Å². The standard InChI is InChI=1S/C34H30FN5O6/c1-20(2)25-17-26(21(3)15-31(25)45-4)33-38-28-11-7-5-9-24(28)34(42)39(33)36-18-22-16-23(40(43)44)13-14-30(22)46-19-32(41)37-29-12-8-6-10-27(29)35/h5-18,20H,19H2,1-4H3,(H,37,41). The predicted molar refractivity (Wildman–Crippen MR) is 173 cm³/mol. The van der Waals surface area contributed by atoms with Crippen LogP contribution in [0, 0.1) is 22.9 Å². The number of rotatable bonds is 10. The minimum absolute atomic E-state index is 0.0215. The van der Waals surface area contributed by atoms with Gasteiger partial charge in [0.2, 0.25) is 0 Å². The molecule has 0 aliphatic rings. The van der Waals surface area contributed by atoms with E-state index in [9.17, 15) is 24.1 Å². The number of carbonyl (C=O) groups excluding carboxylic acids is 1. The van der Waals surface area contributed by atoms with Gasteiger partial charge in [-0.15, -0.1) is 0 Å². The monoisotopic (exact) mass is 623 g/mol. The van der Waals surface area contributed by atoms with E-state index in [0.29, 0.717) is 22.2 Å². The molecule has 0 spiro atoms. The van der Waals surface area contributed by atoms with Crippen LogP contribution >= 0.6 is 0 Å². The van der Waals surface area contributed by atoms with E-state index in [1.54, 1.807) is 37.4 Å². The normalized spacial score (nSPS) is 11.3. The van der Waals surface area contributed by atoms with E-state index in [-0.39, 0.29) is 34.4 Å². The van der Waals surface area contributed by atoms with Crippen molar-refractivity contribution in [1.82, 2.24) is 9.66 Å². The molecule has 11 nitrogen and oxygen atoms in total. The van der Waals surface area contributed by atoms with Gasteiger partial charge < -0.3 is 14.8 Å². The predicted octanol–water partition coefficient (Wildman–Crippen LogP) is 6.45. The molecule has 0 aliphatic heterocycles. The Hall–Kier alpha value is -5.91. The maximum Gasteiger partial charge on any atom is 0.282 e. The molecule has 234 valence electrons. The number of hydrogen-bond donors (Lipinski definition) is 1. The number of non-ortho nitro benzene ring substituents is 1. The minimum atomic E-state index is -0.653. The first-order valence-corrected chi connectivity index (χ1v) is 14.3. The topological polar surface area (TPSA) is 138 Å². The van der Waals surface area contributed by atoms with Crippen molar-refractivity contribution in [3.05, 3.63) is 122 Å². The van der Waals surface area contributed by atoms with Crippen molar-refractivity contribution in [2.24, 2.45) is 5.10 Å². The number of carbonyl (C=O) groups is 1. The van der Waals surface area contributed by atoms with Crippen molar-refractivity contribution < 1.29 is 23.6 Å². The van der Waals surface area contributed by atoms with E-state index in [0.717, 1.165) is 15.8 Å². The maximum absolute atomic E-state index is 14.0. The molecule has 1 amide bonds. The summed E-state index contributed by atoms with van der Waals surface area (Å²) >= 11 is 0. The average Bonchev–Trinajstić information content (AvgIpc) is 3.04. The van der Waals surface area contributed by atoms with Crippen molar-refractivity contribution in [3.8, 4) is 22.9 Å². The Labute approximate surface area is 263 Å². The molecule has 0 bridgehead atoms. The fraction of sp³-hybridized carbons (Fsp3) is 0.176. The van der Waals surface area contributed by atoms with Crippen molar-refractivity contribution in [2.75, 3.05) is 19.0 Å². The number of fused-ring (bicyclic) bond motifs is 1. The summed E-state index contributed by atoms with van der Waals surface area (Å²) in [5, 5.41) is 18.8. The molecule has 46 heavy (non-hydrogen) atoms. The Bertz CT molecular complexity index is 2060. The number of nitro groups is 1. The summed E-state index contributed by atoms with van der Waals surface area (Å²) in [4.78, 5) is 42.2. The van der Waals surface area contributed by atoms with E-state index in [2.05, 4.69) is 10.4 Å². The van der Waals surface area contributed by atoms with Crippen LogP contribution in [0.2, 0.25) is 0 Å². The number of aromatic nitrogens is 2. The summed E-state index contributed by atoms with van der Waals surface area (Å²) < 4.78 is 26.4. The van der Waals surface area contributed by atoms with E-state index in [1.807, 2.05) is 32.9 Å². The minimum Gasteiger partial charge on any atom is -0.496 e. The highest BCUT2D eigenvalue weighted by molar-refractivity contribution is 5.92. The first-order chi connectivity index (χ1) is 22.1. The highest BCUT2D eigenvalue weighted by Gasteiger charge is 2.19. The van der Waals surface area contributed by atoms with Crippen LogP contribution in [0.4, 0.5) is 15.8 Å².